The summed E-state index contributed by atoms with van der Waals surface area (Å²) >= 11 is 0. The van der Waals surface area contributed by atoms with Crippen LogP contribution in [0.15, 0.2) is 0 Å². The third-order valence-electron chi connectivity index (χ3n) is 3.24. The van der Waals surface area contributed by atoms with Gasteiger partial charge in [-0.2, -0.15) is 13.2 Å². The molecule has 0 aromatic rings. The fraction of sp³-hybridized carbons (Fsp3) is 0.917. The van der Waals surface area contributed by atoms with Crippen molar-refractivity contribution in [1.29, 1.82) is 0 Å². The van der Waals surface area contributed by atoms with Gasteiger partial charge in [-0.15, -0.1) is 12.4 Å². The van der Waals surface area contributed by atoms with Crippen LogP contribution in [0.2, 0.25) is 0 Å². The molecule has 1 heterocycles. The van der Waals surface area contributed by atoms with E-state index >= 15 is 0 Å². The first-order valence-corrected chi connectivity index (χ1v) is 6.67. The van der Waals surface area contributed by atoms with Crippen LogP contribution in [0.4, 0.5) is 13.2 Å². The van der Waals surface area contributed by atoms with Gasteiger partial charge in [0.05, 0.1) is 6.54 Å². The Morgan fingerprint density at radius 3 is 2.40 bits per heavy atom. The van der Waals surface area contributed by atoms with Gasteiger partial charge in [-0.25, -0.2) is 0 Å². The predicted octanol–water partition coefficient (Wildman–Crippen LogP) is 1.41. The zero-order chi connectivity index (χ0) is 14.3. The number of hydrogen-bond donors (Lipinski definition) is 2. The molecule has 1 fully saturated rings. The van der Waals surface area contributed by atoms with E-state index < -0.39 is 18.6 Å². The number of likely N-dealkylation sites (tertiary alicyclic amines) is 1. The number of nitrogens with zero attached hydrogens (tertiary/aromatic N) is 1. The number of hydrogen-bond acceptors (Lipinski definition) is 3. The highest BCUT2D eigenvalue weighted by atomic mass is 35.5. The highest BCUT2D eigenvalue weighted by molar-refractivity contribution is 5.85. The number of alkyl halides is 3. The van der Waals surface area contributed by atoms with Crippen LogP contribution in [0.1, 0.15) is 19.8 Å². The molecule has 0 aromatic heterocycles. The second kappa shape index (κ2) is 9.41. The first-order valence-electron chi connectivity index (χ1n) is 6.67. The molecule has 0 aromatic carbocycles. The van der Waals surface area contributed by atoms with Crippen LogP contribution >= 0.6 is 12.4 Å². The standard InChI is InChI=1S/C12H22F3N3O.ClH/c1-2-16-7-10-3-5-18(6-4-10)8-11(19)17-9-12(13,14)15;/h10,16H,2-9H2,1H3,(H,17,19);1H. The van der Waals surface area contributed by atoms with Gasteiger partial charge in [0.25, 0.3) is 0 Å². The summed E-state index contributed by atoms with van der Waals surface area (Å²) in [6.45, 7) is 4.34. The first kappa shape index (κ1) is 19.5. The van der Waals surface area contributed by atoms with Gasteiger partial charge in [-0.05, 0) is 44.9 Å². The summed E-state index contributed by atoms with van der Waals surface area (Å²) < 4.78 is 35.8. The molecular formula is C12H23ClF3N3O. The van der Waals surface area contributed by atoms with Crippen molar-refractivity contribution in [3.63, 3.8) is 0 Å². The molecule has 20 heavy (non-hydrogen) atoms. The minimum atomic E-state index is -4.34. The molecule has 0 radical (unpaired) electrons. The zero-order valence-corrected chi connectivity index (χ0v) is 12.4. The van der Waals surface area contributed by atoms with Gasteiger partial charge in [0, 0.05) is 0 Å². The van der Waals surface area contributed by atoms with Crippen molar-refractivity contribution < 1.29 is 18.0 Å². The van der Waals surface area contributed by atoms with Gasteiger partial charge in [0.2, 0.25) is 5.91 Å². The number of amides is 1. The Bertz CT molecular complexity index is 282. The Balaban J connectivity index is 0.00000361. The van der Waals surface area contributed by atoms with Crippen LogP contribution in [0.25, 0.3) is 0 Å². The van der Waals surface area contributed by atoms with E-state index in [2.05, 4.69) is 12.2 Å². The number of carbonyl (C=O) groups excluding carboxylic acids is 1. The number of halogens is 4. The van der Waals surface area contributed by atoms with Crippen LogP contribution in [0, 0.1) is 5.92 Å². The molecule has 1 aliphatic heterocycles. The second-order valence-electron chi connectivity index (χ2n) is 4.92. The van der Waals surface area contributed by atoms with Crippen LogP contribution < -0.4 is 10.6 Å². The Morgan fingerprint density at radius 2 is 1.90 bits per heavy atom. The molecule has 0 saturated carbocycles. The van der Waals surface area contributed by atoms with E-state index in [9.17, 15) is 18.0 Å². The molecule has 1 aliphatic rings. The minimum Gasteiger partial charge on any atom is -0.346 e. The van der Waals surface area contributed by atoms with E-state index in [4.69, 9.17) is 0 Å². The van der Waals surface area contributed by atoms with Crippen molar-refractivity contribution in [3.05, 3.63) is 0 Å². The van der Waals surface area contributed by atoms with E-state index in [0.717, 1.165) is 39.0 Å². The molecule has 1 rings (SSSR count). The maximum Gasteiger partial charge on any atom is 0.405 e. The Morgan fingerprint density at radius 1 is 1.30 bits per heavy atom. The van der Waals surface area contributed by atoms with E-state index in [0.29, 0.717) is 5.92 Å². The van der Waals surface area contributed by atoms with E-state index in [1.54, 1.807) is 0 Å². The van der Waals surface area contributed by atoms with Crippen molar-refractivity contribution in [2.24, 2.45) is 5.92 Å². The van der Waals surface area contributed by atoms with Gasteiger partial charge in [-0.3, -0.25) is 9.69 Å². The Hall–Kier alpha value is -0.530. The maximum atomic E-state index is 11.9. The Labute approximate surface area is 123 Å². The van der Waals surface area contributed by atoms with Crippen LogP contribution in [0.5, 0.6) is 0 Å². The quantitative estimate of drug-likeness (QED) is 0.778. The zero-order valence-electron chi connectivity index (χ0n) is 11.6. The average molecular weight is 318 g/mol. The van der Waals surface area contributed by atoms with Gasteiger partial charge in [0.1, 0.15) is 6.54 Å². The molecule has 0 aliphatic carbocycles. The minimum absolute atomic E-state index is 0. The molecule has 2 N–H and O–H groups in total. The molecule has 1 amide bonds. The number of nitrogens with one attached hydrogen (secondary N) is 2. The summed E-state index contributed by atoms with van der Waals surface area (Å²) in [5.41, 5.74) is 0. The van der Waals surface area contributed by atoms with Crippen molar-refractivity contribution in [2.75, 3.05) is 39.3 Å². The van der Waals surface area contributed by atoms with Crippen molar-refractivity contribution in [2.45, 2.75) is 25.9 Å². The molecule has 8 heteroatoms. The van der Waals surface area contributed by atoms with Crippen LogP contribution in [0.3, 0.4) is 0 Å². The smallest absolute Gasteiger partial charge is 0.346 e. The highest BCUT2D eigenvalue weighted by Crippen LogP contribution is 2.16. The summed E-state index contributed by atoms with van der Waals surface area (Å²) in [6, 6.07) is 0. The number of piperidine rings is 1. The topological polar surface area (TPSA) is 44.4 Å². The van der Waals surface area contributed by atoms with E-state index in [-0.39, 0.29) is 19.0 Å². The predicted molar refractivity (Wildman–Crippen MR) is 74.0 cm³/mol. The van der Waals surface area contributed by atoms with Gasteiger partial charge in [-0.1, -0.05) is 6.92 Å². The normalized spacial score (nSPS) is 17.6. The molecule has 0 unspecified atom stereocenters. The van der Waals surface area contributed by atoms with Gasteiger partial charge in [0.15, 0.2) is 0 Å². The van der Waals surface area contributed by atoms with Gasteiger partial charge >= 0.3 is 6.18 Å². The lowest BCUT2D eigenvalue weighted by Gasteiger charge is -2.31. The van der Waals surface area contributed by atoms with Crippen molar-refractivity contribution in [3.8, 4) is 0 Å². The lowest BCUT2D eigenvalue weighted by molar-refractivity contribution is -0.139. The first-order chi connectivity index (χ1) is 8.90. The number of rotatable bonds is 6. The van der Waals surface area contributed by atoms with E-state index in [1.807, 2.05) is 10.2 Å². The summed E-state index contributed by atoms with van der Waals surface area (Å²) in [7, 11) is 0. The van der Waals surface area contributed by atoms with Crippen LogP contribution in [-0.4, -0.2) is 56.3 Å². The largest absolute Gasteiger partial charge is 0.405 e. The monoisotopic (exact) mass is 317 g/mol. The average Bonchev–Trinajstić information content (AvgIpc) is 2.35. The Kier molecular flexibility index (Phi) is 9.16. The summed E-state index contributed by atoms with van der Waals surface area (Å²) in [6.07, 6.45) is -2.37. The molecule has 0 spiro atoms. The third-order valence-corrected chi connectivity index (χ3v) is 3.24. The van der Waals surface area contributed by atoms with E-state index in [1.165, 1.54) is 0 Å². The third kappa shape index (κ3) is 8.60. The summed E-state index contributed by atoms with van der Waals surface area (Å²) in [5.74, 6) is 0.0527. The SMILES string of the molecule is CCNCC1CCN(CC(=O)NCC(F)(F)F)CC1.Cl. The molecular weight excluding hydrogens is 295 g/mol. The fourth-order valence-corrected chi connectivity index (χ4v) is 2.15. The highest BCUT2D eigenvalue weighted by Gasteiger charge is 2.28. The molecule has 0 bridgehead atoms. The molecule has 0 atom stereocenters. The van der Waals surface area contributed by atoms with Crippen LogP contribution in [-0.2, 0) is 4.79 Å². The fourth-order valence-electron chi connectivity index (χ4n) is 2.15. The van der Waals surface area contributed by atoms with Gasteiger partial charge < -0.3 is 10.6 Å². The maximum absolute atomic E-state index is 11.9. The van der Waals surface area contributed by atoms with Crippen molar-refractivity contribution >= 4 is 18.3 Å². The lowest BCUT2D eigenvalue weighted by Crippen LogP contribution is -2.44. The second-order valence-corrected chi connectivity index (χ2v) is 4.92. The summed E-state index contributed by atoms with van der Waals surface area (Å²) in [5, 5.41) is 5.19. The molecule has 1 saturated heterocycles. The molecule has 120 valence electrons. The molecule has 4 nitrogen and oxygen atoms in total. The summed E-state index contributed by atoms with van der Waals surface area (Å²) in [4.78, 5) is 13.3. The lowest BCUT2D eigenvalue weighted by atomic mass is 9.97. The van der Waals surface area contributed by atoms with Crippen molar-refractivity contribution in [1.82, 2.24) is 15.5 Å². The number of carbonyl (C=O) groups is 1.